The summed E-state index contributed by atoms with van der Waals surface area (Å²) in [5.74, 6) is 0.102. The van der Waals surface area contributed by atoms with Gasteiger partial charge in [-0.2, -0.15) is 0 Å². The fourth-order valence-electron chi connectivity index (χ4n) is 0.989. The van der Waals surface area contributed by atoms with Crippen LogP contribution in [0.3, 0.4) is 0 Å². The summed E-state index contributed by atoms with van der Waals surface area (Å²) >= 11 is 0. The Morgan fingerprint density at radius 3 is 2.62 bits per heavy atom. The van der Waals surface area contributed by atoms with E-state index < -0.39 is 10.0 Å². The molecule has 1 aliphatic carbocycles. The molecule has 0 bridgehead atoms. The van der Waals surface area contributed by atoms with Crippen molar-refractivity contribution in [3.05, 3.63) is 0 Å². The molecule has 0 radical (unpaired) electrons. The number of hydrogen-bond acceptors (Lipinski definition) is 3. The van der Waals surface area contributed by atoms with Gasteiger partial charge in [-0.15, -0.1) is 0 Å². The molecule has 0 spiro atoms. The molecule has 5 nitrogen and oxygen atoms in total. The zero-order valence-corrected chi connectivity index (χ0v) is 8.23. The second-order valence-electron chi connectivity index (χ2n) is 3.27. The minimum Gasteiger partial charge on any atom is -0.388 e. The number of sulfonamides is 1. The van der Waals surface area contributed by atoms with Gasteiger partial charge in [-0.25, -0.2) is 13.1 Å². The highest BCUT2D eigenvalue weighted by Gasteiger charge is 2.34. The van der Waals surface area contributed by atoms with E-state index in [0.29, 0.717) is 19.4 Å². The molecule has 0 aliphatic heterocycles. The zero-order valence-electron chi connectivity index (χ0n) is 7.41. The molecule has 0 aromatic rings. The van der Waals surface area contributed by atoms with Crippen molar-refractivity contribution >= 4 is 15.9 Å². The van der Waals surface area contributed by atoms with Crippen molar-refractivity contribution in [2.24, 2.45) is 5.73 Å². The molecule has 13 heavy (non-hydrogen) atoms. The minimum absolute atomic E-state index is 0.102. The minimum atomic E-state index is -3.05. The van der Waals surface area contributed by atoms with Crippen LogP contribution in [0.25, 0.3) is 0 Å². The summed E-state index contributed by atoms with van der Waals surface area (Å²) in [7, 11) is -3.05. The maximum atomic E-state index is 11.2. The van der Waals surface area contributed by atoms with Crippen LogP contribution >= 0.6 is 0 Å². The molecule has 0 aromatic carbocycles. The van der Waals surface area contributed by atoms with Crippen molar-refractivity contribution in [1.82, 2.24) is 4.72 Å². The summed E-state index contributed by atoms with van der Waals surface area (Å²) in [4.78, 5) is 0. The third kappa shape index (κ3) is 3.73. The van der Waals surface area contributed by atoms with E-state index in [-0.39, 0.29) is 11.1 Å². The lowest BCUT2D eigenvalue weighted by Crippen LogP contribution is -2.28. The van der Waals surface area contributed by atoms with Gasteiger partial charge in [0.05, 0.1) is 11.1 Å². The Morgan fingerprint density at radius 1 is 1.54 bits per heavy atom. The second-order valence-corrected chi connectivity index (χ2v) is 5.31. The van der Waals surface area contributed by atoms with Crippen LogP contribution in [0.15, 0.2) is 0 Å². The van der Waals surface area contributed by atoms with E-state index >= 15 is 0 Å². The van der Waals surface area contributed by atoms with Gasteiger partial charge in [0.1, 0.15) is 0 Å². The number of rotatable bonds is 6. The Kier molecular flexibility index (Phi) is 3.27. The zero-order chi connectivity index (χ0) is 9.90. The lowest BCUT2D eigenvalue weighted by atomic mass is 10.3. The summed E-state index contributed by atoms with van der Waals surface area (Å²) in [6.07, 6.45) is 2.61. The molecule has 1 fully saturated rings. The lowest BCUT2D eigenvalue weighted by Gasteiger charge is -2.03. The molecular formula is C7H15N3O2S. The molecule has 76 valence electrons. The summed E-state index contributed by atoms with van der Waals surface area (Å²) in [5.41, 5.74) is 5.12. The second kappa shape index (κ2) is 4.06. The van der Waals surface area contributed by atoms with Gasteiger partial charge in [-0.1, -0.05) is 0 Å². The number of hydrogen-bond donors (Lipinski definition) is 3. The predicted octanol–water partition coefficient (Wildman–Crippen LogP) is -0.216. The van der Waals surface area contributed by atoms with E-state index in [1.807, 2.05) is 0 Å². The van der Waals surface area contributed by atoms with Gasteiger partial charge in [-0.3, -0.25) is 5.41 Å². The number of amidine groups is 1. The smallest absolute Gasteiger partial charge is 0.214 e. The number of nitrogens with two attached hydrogens (primary N) is 1. The molecule has 0 unspecified atom stereocenters. The lowest BCUT2D eigenvalue weighted by molar-refractivity contribution is 0.578. The summed E-state index contributed by atoms with van der Waals surface area (Å²) in [5, 5.41) is 6.76. The summed E-state index contributed by atoms with van der Waals surface area (Å²) < 4.78 is 25.0. The molecule has 0 amide bonds. The van der Waals surface area contributed by atoms with Crippen molar-refractivity contribution in [2.45, 2.75) is 30.9 Å². The normalized spacial score (nSPS) is 17.2. The Morgan fingerprint density at radius 2 is 2.15 bits per heavy atom. The van der Waals surface area contributed by atoms with Gasteiger partial charge in [0, 0.05) is 13.0 Å². The largest absolute Gasteiger partial charge is 0.388 e. The Balaban J connectivity index is 2.15. The van der Waals surface area contributed by atoms with Crippen LogP contribution in [0, 0.1) is 5.41 Å². The van der Waals surface area contributed by atoms with Gasteiger partial charge in [0.25, 0.3) is 0 Å². The van der Waals surface area contributed by atoms with Crippen molar-refractivity contribution < 1.29 is 8.42 Å². The fraction of sp³-hybridized carbons (Fsp3) is 0.857. The monoisotopic (exact) mass is 205 g/mol. The molecule has 1 rings (SSSR count). The van der Waals surface area contributed by atoms with Crippen LogP contribution in [-0.4, -0.2) is 26.0 Å². The van der Waals surface area contributed by atoms with Gasteiger partial charge in [0.15, 0.2) is 0 Å². The third-order valence-corrected chi connectivity index (χ3v) is 3.84. The Bertz CT molecular complexity index is 282. The maximum absolute atomic E-state index is 11.2. The standard InChI is InChI=1S/C7H15N3O2S/c8-7(9)2-1-5-10-13(11,12)6-3-4-6/h6,10H,1-5H2,(H3,8,9). The van der Waals surface area contributed by atoms with E-state index in [4.69, 9.17) is 11.1 Å². The van der Waals surface area contributed by atoms with Crippen molar-refractivity contribution in [3.63, 3.8) is 0 Å². The fourth-order valence-corrected chi connectivity index (χ4v) is 2.41. The summed E-state index contributed by atoms with van der Waals surface area (Å²) in [6.45, 7) is 0.387. The highest BCUT2D eigenvalue weighted by Crippen LogP contribution is 2.27. The van der Waals surface area contributed by atoms with Crippen LogP contribution in [0.5, 0.6) is 0 Å². The highest BCUT2D eigenvalue weighted by molar-refractivity contribution is 7.90. The molecule has 0 heterocycles. The molecule has 1 saturated carbocycles. The van der Waals surface area contributed by atoms with Crippen LogP contribution in [0.1, 0.15) is 25.7 Å². The molecular weight excluding hydrogens is 190 g/mol. The van der Waals surface area contributed by atoms with Gasteiger partial charge in [0.2, 0.25) is 10.0 Å². The Labute approximate surface area is 78.3 Å². The van der Waals surface area contributed by atoms with Gasteiger partial charge in [-0.05, 0) is 19.3 Å². The van der Waals surface area contributed by atoms with Crippen LogP contribution in [0.4, 0.5) is 0 Å². The van der Waals surface area contributed by atoms with Gasteiger partial charge < -0.3 is 5.73 Å². The first-order valence-electron chi connectivity index (χ1n) is 4.34. The highest BCUT2D eigenvalue weighted by atomic mass is 32.2. The van der Waals surface area contributed by atoms with Crippen LogP contribution in [-0.2, 0) is 10.0 Å². The number of nitrogens with one attached hydrogen (secondary N) is 2. The Hall–Kier alpha value is -0.620. The third-order valence-electron chi connectivity index (χ3n) is 1.89. The van der Waals surface area contributed by atoms with Gasteiger partial charge >= 0.3 is 0 Å². The van der Waals surface area contributed by atoms with E-state index in [9.17, 15) is 8.42 Å². The molecule has 0 atom stereocenters. The van der Waals surface area contributed by atoms with E-state index in [1.54, 1.807) is 0 Å². The van der Waals surface area contributed by atoms with Crippen LogP contribution in [0.2, 0.25) is 0 Å². The van der Waals surface area contributed by atoms with Crippen molar-refractivity contribution in [1.29, 1.82) is 5.41 Å². The summed E-state index contributed by atoms with van der Waals surface area (Å²) in [6, 6.07) is 0. The molecule has 0 aromatic heterocycles. The van der Waals surface area contributed by atoms with E-state index in [1.165, 1.54) is 0 Å². The maximum Gasteiger partial charge on any atom is 0.214 e. The van der Waals surface area contributed by atoms with E-state index in [2.05, 4.69) is 4.72 Å². The quantitative estimate of drug-likeness (QED) is 0.318. The topological polar surface area (TPSA) is 96.0 Å². The molecule has 4 N–H and O–H groups in total. The van der Waals surface area contributed by atoms with Crippen LogP contribution < -0.4 is 10.5 Å². The SMILES string of the molecule is N=C(N)CCCNS(=O)(=O)C1CC1. The first kappa shape index (κ1) is 10.5. The molecule has 6 heteroatoms. The van der Waals surface area contributed by atoms with Crippen molar-refractivity contribution in [3.8, 4) is 0 Å². The predicted molar refractivity (Wildman–Crippen MR) is 51.1 cm³/mol. The van der Waals surface area contributed by atoms with E-state index in [0.717, 1.165) is 12.8 Å². The first-order valence-corrected chi connectivity index (χ1v) is 5.88. The van der Waals surface area contributed by atoms with Crippen molar-refractivity contribution in [2.75, 3.05) is 6.54 Å². The molecule has 1 aliphatic rings. The molecule has 0 saturated heterocycles. The average molecular weight is 205 g/mol. The first-order chi connectivity index (χ1) is 6.02. The average Bonchev–Trinajstić information content (AvgIpc) is 2.79.